The van der Waals surface area contributed by atoms with Gasteiger partial charge in [0.15, 0.2) is 0 Å². The lowest BCUT2D eigenvalue weighted by atomic mass is 10.1. The first-order chi connectivity index (χ1) is 11.5. The van der Waals surface area contributed by atoms with Crippen molar-refractivity contribution in [1.29, 1.82) is 0 Å². The molecular formula is C19H33O4PSi. The van der Waals surface area contributed by atoms with E-state index in [4.69, 9.17) is 13.5 Å². The molecule has 1 rings (SSSR count). The molecule has 0 spiro atoms. The zero-order valence-electron chi connectivity index (χ0n) is 16.7. The molecule has 0 saturated heterocycles. The van der Waals surface area contributed by atoms with E-state index in [-0.39, 0.29) is 5.04 Å². The summed E-state index contributed by atoms with van der Waals surface area (Å²) in [5, 5.41) is 0.135. The molecule has 0 amide bonds. The van der Waals surface area contributed by atoms with Gasteiger partial charge in [-0.2, -0.15) is 0 Å². The summed E-state index contributed by atoms with van der Waals surface area (Å²) in [5.41, 5.74) is 1.07. The first-order valence-corrected chi connectivity index (χ1v) is 13.4. The predicted octanol–water partition coefficient (Wildman–Crippen LogP) is 6.39. The lowest BCUT2D eigenvalue weighted by Crippen LogP contribution is -2.44. The Morgan fingerprint density at radius 2 is 1.64 bits per heavy atom. The summed E-state index contributed by atoms with van der Waals surface area (Å²) in [4.78, 5) is 0. The van der Waals surface area contributed by atoms with Crippen molar-refractivity contribution in [3.63, 3.8) is 0 Å². The molecular weight excluding hydrogens is 351 g/mol. The van der Waals surface area contributed by atoms with Crippen LogP contribution in [0.15, 0.2) is 36.2 Å². The van der Waals surface area contributed by atoms with E-state index in [9.17, 15) is 4.57 Å². The quantitative estimate of drug-likeness (QED) is 0.365. The van der Waals surface area contributed by atoms with Crippen LogP contribution in [0.1, 0.15) is 40.2 Å². The van der Waals surface area contributed by atoms with Gasteiger partial charge in [0.25, 0.3) is 0 Å². The first-order valence-electron chi connectivity index (χ1n) is 8.88. The molecule has 0 aliphatic heterocycles. The monoisotopic (exact) mass is 384 g/mol. The highest BCUT2D eigenvalue weighted by Gasteiger charge is 2.39. The Balaban J connectivity index is 2.94. The Hall–Kier alpha value is -0.873. The number of benzene rings is 1. The number of para-hydroxylation sites is 1. The molecule has 0 radical (unpaired) electrons. The summed E-state index contributed by atoms with van der Waals surface area (Å²) in [6.07, 6.45) is 2.47. The maximum absolute atomic E-state index is 12.5. The summed E-state index contributed by atoms with van der Waals surface area (Å²) in [5.74, 6) is 2.46. The van der Waals surface area contributed by atoms with Crippen LogP contribution < -0.4 is 4.43 Å². The summed E-state index contributed by atoms with van der Waals surface area (Å²) in [7, 11) is -5.06. The van der Waals surface area contributed by atoms with Gasteiger partial charge in [-0.15, -0.1) is 0 Å². The predicted molar refractivity (Wildman–Crippen MR) is 108 cm³/mol. The van der Waals surface area contributed by atoms with E-state index in [1.54, 1.807) is 5.82 Å². The van der Waals surface area contributed by atoms with Crippen molar-refractivity contribution >= 4 is 15.9 Å². The molecule has 1 aromatic rings. The smallest absolute Gasteiger partial charge is 0.353 e. The van der Waals surface area contributed by atoms with E-state index in [1.807, 2.05) is 44.2 Å². The van der Waals surface area contributed by atoms with Gasteiger partial charge in [-0.05, 0) is 50.0 Å². The molecule has 0 aromatic heterocycles. The topological polar surface area (TPSA) is 44.8 Å². The molecule has 0 fully saturated rings. The van der Waals surface area contributed by atoms with Gasteiger partial charge >= 0.3 is 7.60 Å². The second kappa shape index (κ2) is 9.18. The van der Waals surface area contributed by atoms with Crippen LogP contribution in [0.2, 0.25) is 18.1 Å². The van der Waals surface area contributed by atoms with Gasteiger partial charge in [-0.25, -0.2) is 0 Å². The van der Waals surface area contributed by atoms with Crippen molar-refractivity contribution in [3.05, 3.63) is 41.7 Å². The molecule has 0 heterocycles. The molecule has 6 heteroatoms. The van der Waals surface area contributed by atoms with Gasteiger partial charge in [0.2, 0.25) is 8.32 Å². The van der Waals surface area contributed by atoms with Crippen LogP contribution in [-0.2, 0) is 20.0 Å². The van der Waals surface area contributed by atoms with Crippen molar-refractivity contribution in [2.24, 2.45) is 0 Å². The van der Waals surface area contributed by atoms with Crippen molar-refractivity contribution < 1.29 is 18.0 Å². The number of hydrogen-bond donors (Lipinski definition) is 0. The highest BCUT2D eigenvalue weighted by molar-refractivity contribution is 7.57. The Bertz CT molecular complexity index is 610. The lowest BCUT2D eigenvalue weighted by Gasteiger charge is -2.37. The summed E-state index contributed by atoms with van der Waals surface area (Å²) < 4.78 is 29.5. The van der Waals surface area contributed by atoms with Gasteiger partial charge < -0.3 is 13.5 Å². The van der Waals surface area contributed by atoms with E-state index in [0.717, 1.165) is 11.3 Å². The Morgan fingerprint density at radius 3 is 2.16 bits per heavy atom. The molecule has 1 aromatic carbocycles. The van der Waals surface area contributed by atoms with E-state index < -0.39 is 15.9 Å². The van der Waals surface area contributed by atoms with E-state index in [2.05, 4.69) is 33.9 Å². The van der Waals surface area contributed by atoms with Crippen LogP contribution >= 0.6 is 7.60 Å². The summed E-state index contributed by atoms with van der Waals surface area (Å²) in [6, 6.07) is 8.03. The Labute approximate surface area is 154 Å². The van der Waals surface area contributed by atoms with Crippen molar-refractivity contribution in [1.82, 2.24) is 0 Å². The van der Waals surface area contributed by atoms with Crippen molar-refractivity contribution in [2.45, 2.75) is 59.2 Å². The van der Waals surface area contributed by atoms with Crippen LogP contribution in [0.3, 0.4) is 0 Å². The fourth-order valence-corrected chi connectivity index (χ4v) is 4.38. The molecule has 0 unspecified atom stereocenters. The molecule has 0 aliphatic rings. The second-order valence-electron chi connectivity index (χ2n) is 7.43. The summed E-state index contributed by atoms with van der Waals surface area (Å²) >= 11 is 0. The SMILES string of the molecule is CCOP(=O)(/C=C/Cc1ccccc1O[Si](C)(C)C(C)(C)C)OCC. The third-order valence-corrected chi connectivity index (χ3v) is 10.5. The second-order valence-corrected chi connectivity index (χ2v) is 14.1. The average molecular weight is 385 g/mol. The Kier molecular flexibility index (Phi) is 8.14. The van der Waals surface area contributed by atoms with Gasteiger partial charge in [0.1, 0.15) is 5.75 Å². The molecule has 4 nitrogen and oxygen atoms in total. The van der Waals surface area contributed by atoms with Crippen LogP contribution in [-0.4, -0.2) is 21.5 Å². The van der Waals surface area contributed by atoms with Crippen LogP contribution in [0.4, 0.5) is 0 Å². The molecule has 25 heavy (non-hydrogen) atoms. The van der Waals surface area contributed by atoms with Crippen LogP contribution in [0.5, 0.6) is 5.75 Å². The maximum atomic E-state index is 12.5. The maximum Gasteiger partial charge on any atom is 0.353 e. The van der Waals surface area contributed by atoms with Gasteiger partial charge in [-0.1, -0.05) is 45.0 Å². The minimum Gasteiger partial charge on any atom is -0.543 e. The minimum atomic E-state index is -3.15. The molecule has 0 N–H and O–H groups in total. The molecule has 0 bridgehead atoms. The summed E-state index contributed by atoms with van der Waals surface area (Å²) in [6.45, 7) is 15.5. The zero-order chi connectivity index (χ0) is 19.1. The van der Waals surface area contributed by atoms with Gasteiger partial charge in [-0.3, -0.25) is 4.57 Å². The van der Waals surface area contributed by atoms with Gasteiger partial charge in [0.05, 0.1) is 13.2 Å². The standard InChI is InChI=1S/C19H33O4PSi/c1-8-21-24(20,22-9-2)16-12-14-17-13-10-11-15-18(17)23-25(6,7)19(3,4)5/h10-13,15-16H,8-9,14H2,1-7H3/b16-12+. The molecule has 0 atom stereocenters. The van der Waals surface area contributed by atoms with Crippen molar-refractivity contribution in [3.8, 4) is 5.75 Å². The fourth-order valence-electron chi connectivity index (χ4n) is 1.99. The zero-order valence-corrected chi connectivity index (χ0v) is 18.6. The van der Waals surface area contributed by atoms with Crippen LogP contribution in [0.25, 0.3) is 0 Å². The third-order valence-electron chi connectivity index (χ3n) is 4.39. The normalized spacial score (nSPS) is 13.4. The van der Waals surface area contributed by atoms with E-state index in [1.165, 1.54) is 0 Å². The van der Waals surface area contributed by atoms with Gasteiger partial charge in [0, 0.05) is 5.82 Å². The van der Waals surface area contributed by atoms with E-state index in [0.29, 0.717) is 19.6 Å². The lowest BCUT2D eigenvalue weighted by molar-refractivity contribution is 0.229. The highest BCUT2D eigenvalue weighted by Crippen LogP contribution is 2.49. The Morgan fingerprint density at radius 1 is 1.08 bits per heavy atom. The number of allylic oxidation sites excluding steroid dienone is 1. The van der Waals surface area contributed by atoms with Crippen molar-refractivity contribution in [2.75, 3.05) is 13.2 Å². The largest absolute Gasteiger partial charge is 0.543 e. The minimum absolute atomic E-state index is 0.135. The number of rotatable bonds is 9. The third kappa shape index (κ3) is 6.74. The number of hydrogen-bond acceptors (Lipinski definition) is 4. The highest BCUT2D eigenvalue weighted by atomic mass is 31.2. The molecule has 0 saturated carbocycles. The van der Waals surface area contributed by atoms with E-state index >= 15 is 0 Å². The average Bonchev–Trinajstić information content (AvgIpc) is 2.48. The van der Waals surface area contributed by atoms with Crippen LogP contribution in [0, 0.1) is 0 Å². The fraction of sp³-hybridized carbons (Fsp3) is 0.579. The molecule has 0 aliphatic carbocycles. The molecule has 142 valence electrons. The first kappa shape index (κ1) is 22.2.